The zero-order chi connectivity index (χ0) is 17.6. The van der Waals surface area contributed by atoms with Crippen LogP contribution < -0.4 is 5.32 Å². The number of aromatic nitrogens is 1. The van der Waals surface area contributed by atoms with Crippen LogP contribution >= 0.6 is 11.3 Å². The molecule has 5 heteroatoms. The van der Waals surface area contributed by atoms with E-state index >= 15 is 0 Å². The minimum atomic E-state index is 0.100. The highest BCUT2D eigenvalue weighted by Crippen LogP contribution is 2.26. The molecule has 2 aromatic rings. The second-order valence-corrected chi connectivity index (χ2v) is 8.11. The Morgan fingerprint density at radius 2 is 2.12 bits per heavy atom. The molecule has 2 heterocycles. The van der Waals surface area contributed by atoms with E-state index in [4.69, 9.17) is 0 Å². The smallest absolute Gasteiger partial charge is 0.225 e. The lowest BCUT2D eigenvalue weighted by molar-refractivity contribution is -0.120. The fourth-order valence-electron chi connectivity index (χ4n) is 3.56. The van der Waals surface area contributed by atoms with Crippen LogP contribution in [-0.4, -0.2) is 42.0 Å². The minimum absolute atomic E-state index is 0.100. The number of amides is 1. The van der Waals surface area contributed by atoms with Gasteiger partial charge in [-0.1, -0.05) is 30.3 Å². The Kier molecular flexibility index (Phi) is 6.21. The van der Waals surface area contributed by atoms with E-state index in [2.05, 4.69) is 45.5 Å². The highest BCUT2D eigenvalue weighted by atomic mass is 32.1. The van der Waals surface area contributed by atoms with E-state index in [1.165, 1.54) is 18.4 Å². The van der Waals surface area contributed by atoms with E-state index in [0.29, 0.717) is 12.3 Å². The van der Waals surface area contributed by atoms with Crippen LogP contribution in [0.5, 0.6) is 0 Å². The van der Waals surface area contributed by atoms with E-state index < -0.39 is 0 Å². The van der Waals surface area contributed by atoms with Gasteiger partial charge in [0.15, 0.2) is 0 Å². The number of aryl methyl sites for hydroxylation is 2. The molecule has 25 heavy (non-hydrogen) atoms. The van der Waals surface area contributed by atoms with Crippen LogP contribution in [0.15, 0.2) is 30.3 Å². The van der Waals surface area contributed by atoms with Gasteiger partial charge < -0.3 is 10.2 Å². The van der Waals surface area contributed by atoms with Crippen molar-refractivity contribution in [1.82, 2.24) is 15.2 Å². The molecule has 0 unspecified atom stereocenters. The van der Waals surface area contributed by atoms with Crippen LogP contribution in [0.25, 0.3) is 0 Å². The molecule has 1 aromatic heterocycles. The number of benzene rings is 1. The highest BCUT2D eigenvalue weighted by Gasteiger charge is 2.21. The Balaban J connectivity index is 1.42. The van der Waals surface area contributed by atoms with Crippen molar-refractivity contribution in [2.45, 2.75) is 39.0 Å². The van der Waals surface area contributed by atoms with Crippen LogP contribution in [0.3, 0.4) is 0 Å². The molecule has 0 spiro atoms. The first-order valence-electron chi connectivity index (χ1n) is 9.08. The van der Waals surface area contributed by atoms with Gasteiger partial charge in [0.2, 0.25) is 5.91 Å². The van der Waals surface area contributed by atoms with Crippen LogP contribution in [0, 0.1) is 13.8 Å². The summed E-state index contributed by atoms with van der Waals surface area (Å²) in [6, 6.07) is 10.8. The fraction of sp³-hybridized carbons (Fsp3) is 0.500. The van der Waals surface area contributed by atoms with Gasteiger partial charge >= 0.3 is 0 Å². The number of carbonyl (C=O) groups excluding carboxylic acids is 1. The number of carbonyl (C=O) groups is 1. The van der Waals surface area contributed by atoms with Crippen molar-refractivity contribution in [2.75, 3.05) is 26.2 Å². The second kappa shape index (κ2) is 8.59. The normalized spacial score (nSPS) is 18.2. The summed E-state index contributed by atoms with van der Waals surface area (Å²) < 4.78 is 0. The highest BCUT2D eigenvalue weighted by molar-refractivity contribution is 7.11. The summed E-state index contributed by atoms with van der Waals surface area (Å²) in [6.07, 6.45) is 2.94. The molecule has 3 rings (SSSR count). The van der Waals surface area contributed by atoms with Gasteiger partial charge in [-0.3, -0.25) is 4.79 Å². The first-order valence-corrected chi connectivity index (χ1v) is 9.90. The summed E-state index contributed by atoms with van der Waals surface area (Å²) in [6.45, 7) is 7.83. The summed E-state index contributed by atoms with van der Waals surface area (Å²) in [7, 11) is 0. The van der Waals surface area contributed by atoms with Crippen LogP contribution in [0.4, 0.5) is 0 Å². The average molecular weight is 358 g/mol. The number of piperidine rings is 1. The third-order valence-electron chi connectivity index (χ3n) is 4.85. The number of likely N-dealkylation sites (tertiary alicyclic amines) is 1. The Morgan fingerprint density at radius 1 is 1.32 bits per heavy atom. The predicted molar refractivity (Wildman–Crippen MR) is 103 cm³/mol. The summed E-state index contributed by atoms with van der Waals surface area (Å²) >= 11 is 1.62. The van der Waals surface area contributed by atoms with Gasteiger partial charge in [0, 0.05) is 24.5 Å². The average Bonchev–Trinajstić information content (AvgIpc) is 2.93. The molecule has 1 aromatic carbocycles. The number of nitrogens with zero attached hydrogens (tertiary/aromatic N) is 2. The summed E-state index contributed by atoms with van der Waals surface area (Å²) in [5.41, 5.74) is 2.42. The maximum Gasteiger partial charge on any atom is 0.225 e. The molecule has 0 bridgehead atoms. The Hall–Kier alpha value is -1.72. The molecule has 0 aliphatic carbocycles. The largest absolute Gasteiger partial charge is 0.355 e. The first-order chi connectivity index (χ1) is 12.1. The van der Waals surface area contributed by atoms with Gasteiger partial charge in [0.05, 0.1) is 17.1 Å². The number of rotatable bonds is 6. The molecule has 1 amide bonds. The predicted octanol–water partition coefficient (Wildman–Crippen LogP) is 3.30. The molecule has 1 fully saturated rings. The van der Waals surface area contributed by atoms with Gasteiger partial charge in [-0.15, -0.1) is 11.3 Å². The Bertz CT molecular complexity index is 698. The molecule has 1 aliphatic rings. The standard InChI is InChI=1S/C20H27N3OS/c1-15-19(25-16(2)22-15)13-20(24)21-10-12-23-11-6-9-18(14-23)17-7-4-3-5-8-17/h3-5,7-8,18H,6,9-14H2,1-2H3,(H,21,24)/t18-/m1/s1. The zero-order valence-electron chi connectivity index (χ0n) is 15.1. The van der Waals surface area contributed by atoms with Crippen molar-refractivity contribution < 1.29 is 4.79 Å². The summed E-state index contributed by atoms with van der Waals surface area (Å²) in [5, 5.41) is 4.10. The van der Waals surface area contributed by atoms with E-state index in [0.717, 1.165) is 41.8 Å². The third-order valence-corrected chi connectivity index (χ3v) is 5.92. The van der Waals surface area contributed by atoms with Crippen LogP contribution in [-0.2, 0) is 11.2 Å². The molecular weight excluding hydrogens is 330 g/mol. The van der Waals surface area contributed by atoms with E-state index in [1.807, 2.05) is 13.8 Å². The molecule has 1 N–H and O–H groups in total. The monoisotopic (exact) mass is 357 g/mol. The first kappa shape index (κ1) is 18.1. The van der Waals surface area contributed by atoms with Crippen LogP contribution in [0.1, 0.15) is 39.9 Å². The lowest BCUT2D eigenvalue weighted by Gasteiger charge is -2.33. The summed E-state index contributed by atoms with van der Waals surface area (Å²) in [4.78, 5) is 20.1. The zero-order valence-corrected chi connectivity index (χ0v) is 15.9. The molecule has 1 aliphatic heterocycles. The topological polar surface area (TPSA) is 45.2 Å². The lowest BCUT2D eigenvalue weighted by Crippen LogP contribution is -2.40. The van der Waals surface area contributed by atoms with Crippen molar-refractivity contribution in [3.63, 3.8) is 0 Å². The van der Waals surface area contributed by atoms with Crippen molar-refractivity contribution >= 4 is 17.2 Å². The summed E-state index contributed by atoms with van der Waals surface area (Å²) in [5.74, 6) is 0.719. The van der Waals surface area contributed by atoms with Crippen molar-refractivity contribution in [2.24, 2.45) is 0 Å². The van der Waals surface area contributed by atoms with Crippen molar-refractivity contribution in [3.05, 3.63) is 51.5 Å². The Morgan fingerprint density at radius 3 is 2.84 bits per heavy atom. The molecule has 0 radical (unpaired) electrons. The number of thiazole rings is 1. The molecule has 1 atom stereocenters. The minimum Gasteiger partial charge on any atom is -0.355 e. The second-order valence-electron chi connectivity index (χ2n) is 6.82. The van der Waals surface area contributed by atoms with E-state index in [1.54, 1.807) is 11.3 Å². The van der Waals surface area contributed by atoms with Gasteiger partial charge in [0.1, 0.15) is 0 Å². The molecule has 134 valence electrons. The number of hydrogen-bond acceptors (Lipinski definition) is 4. The SMILES string of the molecule is Cc1nc(C)c(CC(=O)NCCN2CCC[C@@H](c3ccccc3)C2)s1. The van der Waals surface area contributed by atoms with Crippen LogP contribution in [0.2, 0.25) is 0 Å². The van der Waals surface area contributed by atoms with Crippen molar-refractivity contribution in [1.29, 1.82) is 0 Å². The van der Waals surface area contributed by atoms with E-state index in [-0.39, 0.29) is 5.91 Å². The molecular formula is C20H27N3OS. The molecule has 1 saturated heterocycles. The van der Waals surface area contributed by atoms with E-state index in [9.17, 15) is 4.79 Å². The fourth-order valence-corrected chi connectivity index (χ4v) is 4.49. The molecule has 0 saturated carbocycles. The van der Waals surface area contributed by atoms with Gasteiger partial charge in [-0.2, -0.15) is 0 Å². The van der Waals surface area contributed by atoms with Gasteiger partial charge in [-0.25, -0.2) is 4.98 Å². The molecule has 4 nitrogen and oxygen atoms in total. The van der Waals surface area contributed by atoms with Gasteiger partial charge in [0.25, 0.3) is 0 Å². The lowest BCUT2D eigenvalue weighted by atomic mass is 9.91. The van der Waals surface area contributed by atoms with Crippen molar-refractivity contribution in [3.8, 4) is 0 Å². The quantitative estimate of drug-likeness (QED) is 0.863. The number of nitrogens with one attached hydrogen (secondary N) is 1. The number of hydrogen-bond donors (Lipinski definition) is 1. The maximum atomic E-state index is 12.2. The maximum absolute atomic E-state index is 12.2. The third kappa shape index (κ3) is 5.13. The Labute approximate surface area is 154 Å². The van der Waals surface area contributed by atoms with Gasteiger partial charge in [-0.05, 0) is 44.7 Å².